The average Bonchev–Trinajstić information content (AvgIpc) is 2.83. The molecular formula is C30H60O3. The van der Waals surface area contributed by atoms with E-state index < -0.39 is 0 Å². The van der Waals surface area contributed by atoms with Gasteiger partial charge in [-0.2, -0.15) is 0 Å². The van der Waals surface area contributed by atoms with Crippen molar-refractivity contribution in [3.63, 3.8) is 0 Å². The van der Waals surface area contributed by atoms with E-state index in [-0.39, 0.29) is 5.97 Å². The Labute approximate surface area is 208 Å². The Bertz CT molecular complexity index is 396. The molecule has 0 amide bonds. The Morgan fingerprint density at radius 2 is 1.06 bits per heavy atom. The fourth-order valence-electron chi connectivity index (χ4n) is 4.61. The SMILES string of the molecule is CCCCCCCCCC(CCCCCCCCC(=O)OCC(CC)CCCCCC)OC. The quantitative estimate of drug-likeness (QED) is 0.0935. The fraction of sp³-hybridized carbons (Fsp3) is 0.967. The lowest BCUT2D eigenvalue weighted by molar-refractivity contribution is -0.145. The second-order valence-electron chi connectivity index (χ2n) is 10.2. The van der Waals surface area contributed by atoms with Crippen LogP contribution in [0.15, 0.2) is 0 Å². The second kappa shape index (κ2) is 26.0. The van der Waals surface area contributed by atoms with Crippen LogP contribution >= 0.6 is 0 Å². The number of unbranched alkanes of at least 4 members (excludes halogenated alkanes) is 14. The van der Waals surface area contributed by atoms with Gasteiger partial charge in [-0.05, 0) is 31.6 Å². The molecule has 2 atom stereocenters. The summed E-state index contributed by atoms with van der Waals surface area (Å²) in [6, 6.07) is 0. The van der Waals surface area contributed by atoms with Crippen LogP contribution in [0.2, 0.25) is 0 Å². The molecule has 0 spiro atoms. The van der Waals surface area contributed by atoms with Gasteiger partial charge in [-0.25, -0.2) is 0 Å². The third-order valence-electron chi connectivity index (χ3n) is 7.14. The van der Waals surface area contributed by atoms with Crippen molar-refractivity contribution in [2.45, 2.75) is 168 Å². The maximum Gasteiger partial charge on any atom is 0.305 e. The lowest BCUT2D eigenvalue weighted by Gasteiger charge is -2.15. The van der Waals surface area contributed by atoms with Crippen molar-refractivity contribution < 1.29 is 14.3 Å². The summed E-state index contributed by atoms with van der Waals surface area (Å²) in [5.74, 6) is 0.558. The first-order valence-electron chi connectivity index (χ1n) is 14.9. The molecule has 0 radical (unpaired) electrons. The monoisotopic (exact) mass is 468 g/mol. The third kappa shape index (κ3) is 23.0. The van der Waals surface area contributed by atoms with Gasteiger partial charge in [0, 0.05) is 13.5 Å². The normalized spacial score (nSPS) is 13.2. The van der Waals surface area contributed by atoms with Crippen molar-refractivity contribution in [2.75, 3.05) is 13.7 Å². The number of hydrogen-bond donors (Lipinski definition) is 0. The minimum atomic E-state index is 0.00954. The number of ether oxygens (including phenoxy) is 2. The minimum absolute atomic E-state index is 0.00954. The summed E-state index contributed by atoms with van der Waals surface area (Å²) >= 11 is 0. The van der Waals surface area contributed by atoms with Crippen LogP contribution in [-0.2, 0) is 14.3 Å². The lowest BCUT2D eigenvalue weighted by atomic mass is 9.99. The van der Waals surface area contributed by atoms with E-state index in [0.717, 1.165) is 19.3 Å². The molecule has 0 aliphatic rings. The molecule has 0 heterocycles. The van der Waals surface area contributed by atoms with Gasteiger partial charge < -0.3 is 9.47 Å². The Kier molecular flexibility index (Phi) is 25.6. The lowest BCUT2D eigenvalue weighted by Crippen LogP contribution is -2.13. The summed E-state index contributed by atoms with van der Waals surface area (Å²) in [5.41, 5.74) is 0. The molecule has 0 rings (SSSR count). The zero-order chi connectivity index (χ0) is 24.4. The van der Waals surface area contributed by atoms with Crippen LogP contribution in [0.1, 0.15) is 162 Å². The molecule has 3 nitrogen and oxygen atoms in total. The molecule has 0 saturated heterocycles. The van der Waals surface area contributed by atoms with Crippen molar-refractivity contribution in [3.8, 4) is 0 Å². The standard InChI is InChI=1S/C30H60O3/c1-5-8-10-12-13-16-20-24-29(32-4)25-21-17-14-15-18-22-26-30(31)33-27-28(7-3)23-19-11-9-6-2/h28-29H,5-27H2,1-4H3. The zero-order valence-electron chi connectivity index (χ0n) is 23.1. The molecule has 0 aromatic carbocycles. The first kappa shape index (κ1) is 32.4. The van der Waals surface area contributed by atoms with Gasteiger partial charge in [-0.15, -0.1) is 0 Å². The predicted molar refractivity (Wildman–Crippen MR) is 144 cm³/mol. The van der Waals surface area contributed by atoms with Gasteiger partial charge in [0.1, 0.15) is 0 Å². The van der Waals surface area contributed by atoms with E-state index in [2.05, 4.69) is 20.8 Å². The molecule has 0 aromatic heterocycles. The van der Waals surface area contributed by atoms with E-state index in [1.807, 2.05) is 7.11 Å². The number of hydrogen-bond acceptors (Lipinski definition) is 3. The van der Waals surface area contributed by atoms with Crippen LogP contribution in [0.3, 0.4) is 0 Å². The molecule has 0 aliphatic carbocycles. The summed E-state index contributed by atoms with van der Waals surface area (Å²) in [5, 5.41) is 0. The van der Waals surface area contributed by atoms with E-state index in [0.29, 0.717) is 25.0 Å². The largest absolute Gasteiger partial charge is 0.465 e. The average molecular weight is 469 g/mol. The second-order valence-corrected chi connectivity index (χ2v) is 10.2. The molecule has 0 fully saturated rings. The molecule has 33 heavy (non-hydrogen) atoms. The first-order chi connectivity index (χ1) is 16.2. The van der Waals surface area contributed by atoms with Crippen molar-refractivity contribution in [3.05, 3.63) is 0 Å². The molecule has 0 bridgehead atoms. The highest BCUT2D eigenvalue weighted by molar-refractivity contribution is 5.69. The van der Waals surface area contributed by atoms with Gasteiger partial charge in [0.15, 0.2) is 0 Å². The van der Waals surface area contributed by atoms with Crippen molar-refractivity contribution >= 4 is 5.97 Å². The van der Waals surface area contributed by atoms with Crippen LogP contribution in [0.5, 0.6) is 0 Å². The molecule has 0 aliphatic heterocycles. The number of methoxy groups -OCH3 is 1. The van der Waals surface area contributed by atoms with Gasteiger partial charge in [-0.1, -0.05) is 130 Å². The zero-order valence-corrected chi connectivity index (χ0v) is 23.1. The highest BCUT2D eigenvalue weighted by atomic mass is 16.5. The molecule has 2 unspecified atom stereocenters. The number of carbonyl (C=O) groups excluding carboxylic acids is 1. The number of carbonyl (C=O) groups is 1. The molecule has 198 valence electrons. The highest BCUT2D eigenvalue weighted by Gasteiger charge is 2.10. The van der Waals surface area contributed by atoms with E-state index in [1.54, 1.807) is 0 Å². The summed E-state index contributed by atoms with van der Waals surface area (Å²) in [4.78, 5) is 12.0. The Morgan fingerprint density at radius 3 is 1.58 bits per heavy atom. The predicted octanol–water partition coefficient (Wildman–Crippen LogP) is 9.80. The van der Waals surface area contributed by atoms with Crippen LogP contribution in [0.25, 0.3) is 0 Å². The third-order valence-corrected chi connectivity index (χ3v) is 7.14. The van der Waals surface area contributed by atoms with Gasteiger partial charge >= 0.3 is 5.97 Å². The molecule has 0 saturated carbocycles. The molecule has 3 heteroatoms. The minimum Gasteiger partial charge on any atom is -0.465 e. The first-order valence-corrected chi connectivity index (χ1v) is 14.9. The summed E-state index contributed by atoms with van der Waals surface area (Å²) < 4.78 is 11.2. The molecule has 0 N–H and O–H groups in total. The van der Waals surface area contributed by atoms with Crippen molar-refractivity contribution in [1.29, 1.82) is 0 Å². The van der Waals surface area contributed by atoms with E-state index in [1.165, 1.54) is 116 Å². The van der Waals surface area contributed by atoms with Gasteiger partial charge in [0.2, 0.25) is 0 Å². The molecular weight excluding hydrogens is 408 g/mol. The highest BCUT2D eigenvalue weighted by Crippen LogP contribution is 2.17. The van der Waals surface area contributed by atoms with Gasteiger partial charge in [0.05, 0.1) is 12.7 Å². The molecule has 0 aromatic rings. The summed E-state index contributed by atoms with van der Waals surface area (Å²) in [6.07, 6.45) is 27.8. The van der Waals surface area contributed by atoms with Crippen LogP contribution in [-0.4, -0.2) is 25.8 Å². The maximum absolute atomic E-state index is 12.0. The number of rotatable bonds is 26. The van der Waals surface area contributed by atoms with Gasteiger partial charge in [0.25, 0.3) is 0 Å². The topological polar surface area (TPSA) is 35.5 Å². The smallest absolute Gasteiger partial charge is 0.305 e. The number of esters is 1. The van der Waals surface area contributed by atoms with Crippen molar-refractivity contribution in [2.24, 2.45) is 5.92 Å². The summed E-state index contributed by atoms with van der Waals surface area (Å²) in [7, 11) is 1.88. The summed E-state index contributed by atoms with van der Waals surface area (Å²) in [6.45, 7) is 7.36. The Hall–Kier alpha value is -0.570. The van der Waals surface area contributed by atoms with Crippen molar-refractivity contribution in [1.82, 2.24) is 0 Å². The van der Waals surface area contributed by atoms with E-state index in [9.17, 15) is 4.79 Å². The van der Waals surface area contributed by atoms with E-state index >= 15 is 0 Å². The van der Waals surface area contributed by atoms with E-state index in [4.69, 9.17) is 9.47 Å². The van der Waals surface area contributed by atoms with Crippen LogP contribution in [0.4, 0.5) is 0 Å². The fourth-order valence-corrected chi connectivity index (χ4v) is 4.61. The Morgan fingerprint density at radius 1 is 0.606 bits per heavy atom. The van der Waals surface area contributed by atoms with Crippen LogP contribution < -0.4 is 0 Å². The maximum atomic E-state index is 12.0. The van der Waals surface area contributed by atoms with Gasteiger partial charge in [-0.3, -0.25) is 4.79 Å². The Balaban J connectivity index is 3.54. The van der Waals surface area contributed by atoms with Crippen LogP contribution in [0, 0.1) is 5.92 Å².